The van der Waals surface area contributed by atoms with E-state index in [1.165, 1.54) is 19.3 Å². The van der Waals surface area contributed by atoms with Crippen molar-refractivity contribution in [1.82, 2.24) is 15.6 Å². The van der Waals surface area contributed by atoms with Gasteiger partial charge in [-0.05, 0) is 44.7 Å². The van der Waals surface area contributed by atoms with Crippen LogP contribution in [0.1, 0.15) is 19.3 Å². The molecule has 0 spiro atoms. The third-order valence-corrected chi connectivity index (χ3v) is 4.42. The maximum atomic E-state index is 3.49. The lowest BCUT2D eigenvalue weighted by atomic mass is 9.93. The van der Waals surface area contributed by atoms with Gasteiger partial charge in [-0.3, -0.25) is 10.4 Å². The van der Waals surface area contributed by atoms with Gasteiger partial charge in [0, 0.05) is 7.05 Å². The van der Waals surface area contributed by atoms with E-state index in [0.717, 1.165) is 9.21 Å². The SMILES string of the molecule is CN1C(Br)=C(Br)NN1C1CCC1. The summed E-state index contributed by atoms with van der Waals surface area (Å²) in [5, 5.41) is 4.26. The van der Waals surface area contributed by atoms with E-state index >= 15 is 0 Å². The zero-order chi connectivity index (χ0) is 8.72. The lowest BCUT2D eigenvalue weighted by molar-refractivity contribution is -0.0489. The molecule has 0 aromatic heterocycles. The Morgan fingerprint density at radius 2 is 2.08 bits per heavy atom. The van der Waals surface area contributed by atoms with Crippen LogP contribution < -0.4 is 5.43 Å². The Hall–Kier alpha value is 0.260. The van der Waals surface area contributed by atoms with E-state index in [9.17, 15) is 0 Å². The first-order chi connectivity index (χ1) is 5.70. The summed E-state index contributed by atoms with van der Waals surface area (Å²) in [5.74, 6) is 0. The molecule has 1 N–H and O–H groups in total. The van der Waals surface area contributed by atoms with Gasteiger partial charge in [-0.1, -0.05) is 6.42 Å². The second kappa shape index (κ2) is 3.20. The van der Waals surface area contributed by atoms with Crippen molar-refractivity contribution in [2.24, 2.45) is 0 Å². The van der Waals surface area contributed by atoms with Crippen molar-refractivity contribution in [2.45, 2.75) is 25.3 Å². The Bertz CT molecular complexity index is 225. The van der Waals surface area contributed by atoms with Gasteiger partial charge in [0.25, 0.3) is 0 Å². The van der Waals surface area contributed by atoms with Crippen LogP contribution in [0.5, 0.6) is 0 Å². The standard InChI is InChI=1S/C7H11Br2N3/c1-11-7(9)6(8)10-12(11)5-3-2-4-5/h5,10H,2-4H2,1H3. The summed E-state index contributed by atoms with van der Waals surface area (Å²) in [4.78, 5) is 0. The highest BCUT2D eigenvalue weighted by molar-refractivity contribution is 9.14. The first-order valence-electron chi connectivity index (χ1n) is 4.05. The van der Waals surface area contributed by atoms with Crippen LogP contribution in [0.25, 0.3) is 0 Å². The third-order valence-electron chi connectivity index (χ3n) is 2.42. The van der Waals surface area contributed by atoms with E-state index in [1.54, 1.807) is 0 Å². The Morgan fingerprint density at radius 3 is 2.42 bits per heavy atom. The normalized spacial score (nSPS) is 26.1. The molecule has 0 radical (unpaired) electrons. The van der Waals surface area contributed by atoms with Crippen LogP contribution in [0.4, 0.5) is 0 Å². The van der Waals surface area contributed by atoms with Crippen molar-refractivity contribution < 1.29 is 0 Å². The molecule has 0 unspecified atom stereocenters. The maximum absolute atomic E-state index is 3.49. The molecule has 0 atom stereocenters. The minimum atomic E-state index is 0.664. The van der Waals surface area contributed by atoms with E-state index in [0.29, 0.717) is 6.04 Å². The molecule has 0 bridgehead atoms. The fraction of sp³-hybridized carbons (Fsp3) is 0.714. The van der Waals surface area contributed by atoms with Crippen LogP contribution in [0.2, 0.25) is 0 Å². The largest absolute Gasteiger partial charge is 0.292 e. The lowest BCUT2D eigenvalue weighted by Crippen LogP contribution is -2.50. The zero-order valence-electron chi connectivity index (χ0n) is 6.85. The Labute approximate surface area is 89.0 Å². The van der Waals surface area contributed by atoms with Crippen molar-refractivity contribution in [1.29, 1.82) is 0 Å². The van der Waals surface area contributed by atoms with Crippen molar-refractivity contribution >= 4 is 31.9 Å². The predicted molar refractivity (Wildman–Crippen MR) is 55.3 cm³/mol. The summed E-state index contributed by atoms with van der Waals surface area (Å²) in [5.41, 5.74) is 3.26. The van der Waals surface area contributed by atoms with Crippen LogP contribution >= 0.6 is 31.9 Å². The maximum Gasteiger partial charge on any atom is 0.128 e. The highest BCUT2D eigenvalue weighted by Gasteiger charge is 2.33. The Balaban J connectivity index is 2.04. The van der Waals surface area contributed by atoms with Gasteiger partial charge in [-0.2, -0.15) is 0 Å². The molecule has 2 rings (SSSR count). The summed E-state index contributed by atoms with van der Waals surface area (Å²) in [6, 6.07) is 0.664. The topological polar surface area (TPSA) is 18.5 Å². The van der Waals surface area contributed by atoms with Crippen LogP contribution in [0, 0.1) is 0 Å². The monoisotopic (exact) mass is 295 g/mol. The second-order valence-electron chi connectivity index (χ2n) is 3.17. The molecule has 1 saturated carbocycles. The number of nitrogens with one attached hydrogen (secondary N) is 1. The molecule has 0 saturated heterocycles. The number of hydrazine groups is 2. The summed E-state index contributed by atoms with van der Waals surface area (Å²) >= 11 is 6.93. The van der Waals surface area contributed by atoms with Gasteiger partial charge in [0.15, 0.2) is 0 Å². The zero-order valence-corrected chi connectivity index (χ0v) is 10.0. The van der Waals surface area contributed by atoms with E-state index in [4.69, 9.17) is 0 Å². The van der Waals surface area contributed by atoms with Gasteiger partial charge in [-0.15, -0.1) is 5.12 Å². The van der Waals surface area contributed by atoms with E-state index in [-0.39, 0.29) is 0 Å². The number of hydrogen-bond donors (Lipinski definition) is 1. The summed E-state index contributed by atoms with van der Waals surface area (Å²) in [6.45, 7) is 0. The van der Waals surface area contributed by atoms with Gasteiger partial charge in [0.05, 0.1) is 6.04 Å². The van der Waals surface area contributed by atoms with Gasteiger partial charge in [0.2, 0.25) is 0 Å². The molecule has 0 amide bonds. The van der Waals surface area contributed by atoms with Crippen LogP contribution in [0.15, 0.2) is 9.21 Å². The molecular formula is C7H11Br2N3. The van der Waals surface area contributed by atoms with Crippen molar-refractivity contribution in [2.75, 3.05) is 7.05 Å². The Kier molecular flexibility index (Phi) is 2.35. The summed E-state index contributed by atoms with van der Waals surface area (Å²) < 4.78 is 2.08. The van der Waals surface area contributed by atoms with Crippen LogP contribution in [-0.2, 0) is 0 Å². The summed E-state index contributed by atoms with van der Waals surface area (Å²) in [7, 11) is 2.05. The average Bonchev–Trinajstić information content (AvgIpc) is 2.15. The molecule has 3 nitrogen and oxygen atoms in total. The first-order valence-corrected chi connectivity index (χ1v) is 5.63. The number of hydrogen-bond acceptors (Lipinski definition) is 3. The first kappa shape index (κ1) is 8.84. The fourth-order valence-corrected chi connectivity index (χ4v) is 2.12. The second-order valence-corrected chi connectivity index (χ2v) is 4.71. The van der Waals surface area contributed by atoms with E-state index in [1.807, 2.05) is 7.05 Å². The number of rotatable bonds is 1. The lowest BCUT2D eigenvalue weighted by Gasteiger charge is -2.38. The molecule has 0 aromatic carbocycles. The van der Waals surface area contributed by atoms with Crippen molar-refractivity contribution in [3.8, 4) is 0 Å². The minimum Gasteiger partial charge on any atom is -0.292 e. The number of halogens is 2. The number of nitrogens with zero attached hydrogens (tertiary/aromatic N) is 2. The molecule has 1 heterocycles. The molecule has 12 heavy (non-hydrogen) atoms. The molecular weight excluding hydrogens is 286 g/mol. The smallest absolute Gasteiger partial charge is 0.128 e. The molecule has 2 aliphatic rings. The highest BCUT2D eigenvalue weighted by atomic mass is 79.9. The van der Waals surface area contributed by atoms with Crippen LogP contribution in [0.3, 0.4) is 0 Å². The Morgan fingerprint density at radius 1 is 1.42 bits per heavy atom. The fourth-order valence-electron chi connectivity index (χ4n) is 1.43. The summed E-state index contributed by atoms with van der Waals surface area (Å²) in [6.07, 6.45) is 3.93. The van der Waals surface area contributed by atoms with Gasteiger partial charge >= 0.3 is 0 Å². The van der Waals surface area contributed by atoms with Gasteiger partial charge < -0.3 is 0 Å². The minimum absolute atomic E-state index is 0.664. The van der Waals surface area contributed by atoms with E-state index < -0.39 is 0 Å². The average molecular weight is 297 g/mol. The molecule has 1 aliphatic heterocycles. The highest BCUT2D eigenvalue weighted by Crippen LogP contribution is 2.33. The predicted octanol–water partition coefficient (Wildman–Crippen LogP) is 2.12. The quantitative estimate of drug-likeness (QED) is 0.748. The van der Waals surface area contributed by atoms with Gasteiger partial charge in [-0.25, -0.2) is 0 Å². The molecule has 1 aliphatic carbocycles. The molecule has 68 valence electrons. The van der Waals surface area contributed by atoms with Gasteiger partial charge in [0.1, 0.15) is 9.21 Å². The van der Waals surface area contributed by atoms with Crippen molar-refractivity contribution in [3.05, 3.63) is 9.21 Å². The van der Waals surface area contributed by atoms with Crippen LogP contribution in [-0.4, -0.2) is 23.2 Å². The molecule has 5 heteroatoms. The van der Waals surface area contributed by atoms with E-state index in [2.05, 4.69) is 47.4 Å². The van der Waals surface area contributed by atoms with Crippen molar-refractivity contribution in [3.63, 3.8) is 0 Å². The molecule has 0 aromatic rings. The molecule has 1 fully saturated rings. The third kappa shape index (κ3) is 1.28.